The lowest BCUT2D eigenvalue weighted by molar-refractivity contribution is 0.681. The Kier molecular flexibility index (Phi) is 3.81. The van der Waals surface area contributed by atoms with Crippen LogP contribution < -0.4 is 5.32 Å². The van der Waals surface area contributed by atoms with Crippen molar-refractivity contribution < 1.29 is 0 Å². The van der Waals surface area contributed by atoms with Gasteiger partial charge in [0.1, 0.15) is 11.9 Å². The summed E-state index contributed by atoms with van der Waals surface area (Å²) in [5.74, 6) is 0.784. The van der Waals surface area contributed by atoms with Gasteiger partial charge in [-0.15, -0.1) is 11.3 Å². The Hall–Kier alpha value is -1.77. The highest BCUT2D eigenvalue weighted by molar-refractivity contribution is 7.10. The molecule has 2 heterocycles. The van der Waals surface area contributed by atoms with E-state index < -0.39 is 0 Å². The molecule has 0 bridgehead atoms. The van der Waals surface area contributed by atoms with Gasteiger partial charge < -0.3 is 5.32 Å². The highest BCUT2D eigenvalue weighted by Crippen LogP contribution is 2.13. The second kappa shape index (κ2) is 5.53. The lowest BCUT2D eigenvalue weighted by Crippen LogP contribution is -2.13. The van der Waals surface area contributed by atoms with Crippen molar-refractivity contribution in [3.63, 3.8) is 0 Å². The molecule has 0 unspecified atom stereocenters. The largest absolute Gasteiger partial charge is 0.306 e. The molecule has 0 saturated heterocycles. The number of nitrogens with one attached hydrogen (secondary N) is 1. The van der Waals surface area contributed by atoms with E-state index in [-0.39, 0.29) is 0 Å². The van der Waals surface area contributed by atoms with Crippen LogP contribution in [0.2, 0.25) is 0 Å². The number of nitriles is 1. The lowest BCUT2D eigenvalue weighted by Gasteiger charge is -2.02. The molecule has 0 radical (unpaired) electrons. The molecule has 0 aliphatic carbocycles. The summed E-state index contributed by atoms with van der Waals surface area (Å²) in [4.78, 5) is 9.51. The molecule has 4 nitrogen and oxygen atoms in total. The molecule has 2 rings (SSSR count). The van der Waals surface area contributed by atoms with Gasteiger partial charge in [0, 0.05) is 29.5 Å². The van der Waals surface area contributed by atoms with Crippen molar-refractivity contribution in [2.24, 2.45) is 0 Å². The summed E-state index contributed by atoms with van der Waals surface area (Å²) in [6.45, 7) is 3.35. The second-order valence-corrected chi connectivity index (χ2v) is 4.61. The third-order valence-electron chi connectivity index (χ3n) is 2.22. The van der Waals surface area contributed by atoms with Gasteiger partial charge in [0.25, 0.3) is 0 Å². The number of hydrogen-bond acceptors (Lipinski definition) is 5. The quantitative estimate of drug-likeness (QED) is 0.893. The number of hydrogen-bond donors (Lipinski definition) is 1. The number of aromatic nitrogens is 2. The van der Waals surface area contributed by atoms with E-state index in [1.54, 1.807) is 17.5 Å². The standard InChI is InChI=1S/C12H12N4S/c1-9-15-3-2-11(16-9)6-14-7-12-4-10(5-13)8-17-12/h2-4,8,14H,6-7H2,1H3. The van der Waals surface area contributed by atoms with Crippen LogP contribution in [0.5, 0.6) is 0 Å². The summed E-state index contributed by atoms with van der Waals surface area (Å²) in [6, 6.07) is 5.93. The number of aryl methyl sites for hydroxylation is 1. The van der Waals surface area contributed by atoms with Crippen LogP contribution >= 0.6 is 11.3 Å². The van der Waals surface area contributed by atoms with Gasteiger partial charge in [0.05, 0.1) is 11.3 Å². The molecule has 0 fully saturated rings. The van der Waals surface area contributed by atoms with E-state index in [1.807, 2.05) is 24.4 Å². The van der Waals surface area contributed by atoms with E-state index in [0.717, 1.165) is 28.5 Å². The van der Waals surface area contributed by atoms with Gasteiger partial charge in [0.15, 0.2) is 0 Å². The fraction of sp³-hybridized carbons (Fsp3) is 0.250. The molecule has 86 valence electrons. The maximum Gasteiger partial charge on any atom is 0.125 e. The van der Waals surface area contributed by atoms with Crippen molar-refractivity contribution >= 4 is 11.3 Å². The summed E-state index contributed by atoms with van der Waals surface area (Å²) >= 11 is 1.59. The van der Waals surface area contributed by atoms with E-state index in [2.05, 4.69) is 21.4 Å². The third kappa shape index (κ3) is 3.34. The summed E-state index contributed by atoms with van der Waals surface area (Å²) in [6.07, 6.45) is 1.76. The van der Waals surface area contributed by atoms with Crippen LogP contribution in [0.3, 0.4) is 0 Å². The Bertz CT molecular complexity index is 541. The van der Waals surface area contributed by atoms with Crippen LogP contribution in [0.1, 0.15) is 22.0 Å². The van der Waals surface area contributed by atoms with Crippen molar-refractivity contribution in [3.05, 3.63) is 45.7 Å². The van der Waals surface area contributed by atoms with Crippen LogP contribution in [0.15, 0.2) is 23.7 Å². The van der Waals surface area contributed by atoms with Crippen molar-refractivity contribution in [2.45, 2.75) is 20.0 Å². The van der Waals surface area contributed by atoms with Crippen molar-refractivity contribution in [1.29, 1.82) is 5.26 Å². The van der Waals surface area contributed by atoms with E-state index in [4.69, 9.17) is 5.26 Å². The van der Waals surface area contributed by atoms with Gasteiger partial charge >= 0.3 is 0 Å². The van der Waals surface area contributed by atoms with E-state index in [1.165, 1.54) is 0 Å². The Morgan fingerprint density at radius 2 is 2.35 bits per heavy atom. The van der Waals surface area contributed by atoms with Gasteiger partial charge in [-0.3, -0.25) is 0 Å². The SMILES string of the molecule is Cc1nccc(CNCc2cc(C#N)cs2)n1. The molecule has 2 aromatic rings. The number of thiophene rings is 1. The molecule has 0 aliphatic rings. The topological polar surface area (TPSA) is 61.6 Å². The monoisotopic (exact) mass is 244 g/mol. The maximum atomic E-state index is 8.70. The number of nitrogens with zero attached hydrogens (tertiary/aromatic N) is 3. The Morgan fingerprint density at radius 1 is 1.47 bits per heavy atom. The molecular formula is C12H12N4S. The minimum absolute atomic E-state index is 0.711. The van der Waals surface area contributed by atoms with Crippen molar-refractivity contribution in [2.75, 3.05) is 0 Å². The highest BCUT2D eigenvalue weighted by Gasteiger charge is 1.99. The summed E-state index contributed by atoms with van der Waals surface area (Å²) < 4.78 is 0. The average molecular weight is 244 g/mol. The van der Waals surface area contributed by atoms with Crippen molar-refractivity contribution in [3.8, 4) is 6.07 Å². The molecule has 0 amide bonds. The van der Waals surface area contributed by atoms with Crippen LogP contribution in [0.4, 0.5) is 0 Å². The zero-order chi connectivity index (χ0) is 12.1. The number of rotatable bonds is 4. The first kappa shape index (κ1) is 11.7. The average Bonchev–Trinajstić information content (AvgIpc) is 2.77. The summed E-state index contributed by atoms with van der Waals surface area (Å²) in [5, 5.41) is 13.9. The lowest BCUT2D eigenvalue weighted by atomic mass is 10.3. The Morgan fingerprint density at radius 3 is 3.06 bits per heavy atom. The van der Waals surface area contributed by atoms with Gasteiger partial charge in [-0.2, -0.15) is 5.26 Å². The van der Waals surface area contributed by atoms with Crippen LogP contribution in [-0.4, -0.2) is 9.97 Å². The van der Waals surface area contributed by atoms with Crippen molar-refractivity contribution in [1.82, 2.24) is 15.3 Å². The fourth-order valence-electron chi connectivity index (χ4n) is 1.45. The molecule has 0 atom stereocenters. The molecule has 2 aromatic heterocycles. The van der Waals surface area contributed by atoms with Gasteiger partial charge in [-0.25, -0.2) is 9.97 Å². The summed E-state index contributed by atoms with van der Waals surface area (Å²) in [5.41, 5.74) is 1.71. The first-order valence-corrected chi connectivity index (χ1v) is 6.12. The van der Waals surface area contributed by atoms with E-state index in [9.17, 15) is 0 Å². The molecule has 0 aliphatic heterocycles. The molecule has 0 saturated carbocycles. The molecule has 0 spiro atoms. The first-order valence-electron chi connectivity index (χ1n) is 5.24. The Labute approximate surface area is 104 Å². The van der Waals surface area contributed by atoms with Crippen LogP contribution in [-0.2, 0) is 13.1 Å². The predicted octanol–water partition coefficient (Wildman–Crippen LogP) is 2.01. The first-order chi connectivity index (χ1) is 8.28. The van der Waals surface area contributed by atoms with Gasteiger partial charge in [0.2, 0.25) is 0 Å². The van der Waals surface area contributed by atoms with E-state index in [0.29, 0.717) is 6.54 Å². The third-order valence-corrected chi connectivity index (χ3v) is 3.16. The normalized spacial score (nSPS) is 10.1. The van der Waals surface area contributed by atoms with Crippen LogP contribution in [0.25, 0.3) is 0 Å². The van der Waals surface area contributed by atoms with Crippen LogP contribution in [0, 0.1) is 18.3 Å². The zero-order valence-electron chi connectivity index (χ0n) is 9.47. The smallest absolute Gasteiger partial charge is 0.125 e. The maximum absolute atomic E-state index is 8.70. The second-order valence-electron chi connectivity index (χ2n) is 3.61. The zero-order valence-corrected chi connectivity index (χ0v) is 10.3. The predicted molar refractivity (Wildman–Crippen MR) is 66.3 cm³/mol. The fourth-order valence-corrected chi connectivity index (χ4v) is 2.23. The van der Waals surface area contributed by atoms with Gasteiger partial charge in [-0.1, -0.05) is 0 Å². The molecule has 17 heavy (non-hydrogen) atoms. The minimum atomic E-state index is 0.711. The molecule has 1 N–H and O–H groups in total. The highest BCUT2D eigenvalue weighted by atomic mass is 32.1. The molecular weight excluding hydrogens is 232 g/mol. The Balaban J connectivity index is 1.85. The van der Waals surface area contributed by atoms with E-state index >= 15 is 0 Å². The molecule has 0 aromatic carbocycles. The van der Waals surface area contributed by atoms with Gasteiger partial charge in [-0.05, 0) is 19.1 Å². The summed E-state index contributed by atoms with van der Waals surface area (Å²) in [7, 11) is 0. The molecule has 5 heteroatoms. The minimum Gasteiger partial charge on any atom is -0.306 e.